The molecule has 0 aromatic carbocycles. The van der Waals surface area contributed by atoms with E-state index in [1.165, 1.54) is 10.9 Å². The Labute approximate surface area is 133 Å². The van der Waals surface area contributed by atoms with Crippen LogP contribution in [0.15, 0.2) is 12.5 Å². The Hall–Kier alpha value is 0.860. The van der Waals surface area contributed by atoms with Crippen LogP contribution in [0.25, 0.3) is 11.0 Å². The normalized spacial score (nSPS) is 10.5. The van der Waals surface area contributed by atoms with Crippen LogP contribution in [0.4, 0.5) is 0 Å². The van der Waals surface area contributed by atoms with Gasteiger partial charge in [0.25, 0.3) is 0 Å². The zero-order valence-electron chi connectivity index (χ0n) is 10.1. The summed E-state index contributed by atoms with van der Waals surface area (Å²) in [6.45, 7) is 8.14. The lowest BCUT2D eigenvalue weighted by atomic mass is 10.2. The Morgan fingerprint density at radius 3 is 2.47 bits per heavy atom. The van der Waals surface area contributed by atoms with Gasteiger partial charge in [0.2, 0.25) is 0 Å². The highest BCUT2D eigenvalue weighted by Gasteiger charge is 2.11. The summed E-state index contributed by atoms with van der Waals surface area (Å²) < 4.78 is 2.07. The van der Waals surface area contributed by atoms with Crippen LogP contribution < -0.4 is 0 Å². The van der Waals surface area contributed by atoms with Crippen molar-refractivity contribution >= 4 is 69.1 Å². The summed E-state index contributed by atoms with van der Waals surface area (Å²) in [5, 5.41) is 1.19. The van der Waals surface area contributed by atoms with Crippen LogP contribution in [-0.4, -0.2) is 13.9 Å². The number of rotatable bonds is 2. The lowest BCUT2D eigenvalue weighted by Gasteiger charge is -2.03. The summed E-state index contributed by atoms with van der Waals surface area (Å²) in [4.78, 5) is 8.58. The van der Waals surface area contributed by atoms with Crippen LogP contribution in [0.3, 0.4) is 0 Å². The summed E-state index contributed by atoms with van der Waals surface area (Å²) in [6, 6.07) is 0. The number of hydrogen-bond acceptors (Lipinski definition) is 3. The largest absolute Gasteiger partial charge is 0.270 e. The molecule has 2 aromatic rings. The van der Waals surface area contributed by atoms with Gasteiger partial charge in [-0.05, 0) is 63.5 Å². The van der Waals surface area contributed by atoms with Crippen LogP contribution in [-0.2, 0) is 0 Å². The number of hydrogen-bond donors (Lipinski definition) is 0. The van der Waals surface area contributed by atoms with E-state index in [0.29, 0.717) is 0 Å². The van der Waals surface area contributed by atoms with E-state index in [1.54, 1.807) is 6.33 Å². The summed E-state index contributed by atoms with van der Waals surface area (Å²) in [6.07, 6.45) is 3.78. The third-order valence-electron chi connectivity index (χ3n) is 2.08. The molecule has 0 atom stereocenters. The van der Waals surface area contributed by atoms with E-state index in [1.807, 2.05) is 32.3 Å². The summed E-state index contributed by atoms with van der Waals surface area (Å²) in [5.41, 5.74) is 3.34. The average Bonchev–Trinajstić information content (AvgIpc) is 2.59. The van der Waals surface area contributed by atoms with Gasteiger partial charge in [-0.3, -0.25) is 3.97 Å². The van der Waals surface area contributed by atoms with Crippen molar-refractivity contribution in [2.45, 2.75) is 27.7 Å². The van der Waals surface area contributed by atoms with Crippen LogP contribution in [0.5, 0.6) is 0 Å². The van der Waals surface area contributed by atoms with Gasteiger partial charge < -0.3 is 0 Å². The first-order valence-electron chi connectivity index (χ1n) is 5.19. The van der Waals surface area contributed by atoms with Gasteiger partial charge in [-0.25, -0.2) is 9.97 Å². The fraction of sp³-hybridized carbons (Fsp3) is 0.400. The minimum absolute atomic E-state index is 0.0870. The second-order valence-corrected chi connectivity index (χ2v) is 20.9. The van der Waals surface area contributed by atoms with Gasteiger partial charge >= 0.3 is 0 Å². The zero-order valence-corrected chi connectivity index (χ0v) is 16.1. The van der Waals surface area contributed by atoms with Gasteiger partial charge in [0, 0.05) is 23.2 Å². The molecule has 7 heteroatoms. The van der Waals surface area contributed by atoms with Crippen molar-refractivity contribution in [1.82, 2.24) is 13.9 Å². The van der Waals surface area contributed by atoms with Crippen molar-refractivity contribution < 1.29 is 0 Å². The Bertz CT molecular complexity index is 502. The van der Waals surface area contributed by atoms with Gasteiger partial charge in [0.1, 0.15) is 8.74 Å². The number of aromatic nitrogens is 3. The van der Waals surface area contributed by atoms with Crippen LogP contribution in [0, 0.1) is 13.8 Å². The third kappa shape index (κ3) is 3.91. The second kappa shape index (κ2) is 7.45. The molecule has 0 radical (unpaired) electrons. The fourth-order valence-corrected chi connectivity index (χ4v) is 6.26. The first-order chi connectivity index (χ1) is 8.09. The van der Waals surface area contributed by atoms with Gasteiger partial charge in [0.15, 0.2) is 5.65 Å². The van der Waals surface area contributed by atoms with E-state index in [0.717, 1.165) is 11.3 Å². The molecule has 3 nitrogen and oxygen atoms in total. The lowest BCUT2D eigenvalue weighted by Crippen LogP contribution is -1.88. The van der Waals surface area contributed by atoms with Crippen molar-refractivity contribution in [2.24, 2.45) is 0 Å². The van der Waals surface area contributed by atoms with E-state index in [4.69, 9.17) is 0 Å². The molecular formula is C10H14I2N3PS. The standard InChI is InChI=1S/C8H8I2N3PS.C2H6/c1-5-3-13(15-14(9)10)8-7(5)6(2)11-4-12-8;1-2/h3-4H,1-2H3;1-2H3. The lowest BCUT2D eigenvalue weighted by molar-refractivity contribution is 1.13. The average molecular weight is 493 g/mol. The highest BCUT2D eigenvalue weighted by Crippen LogP contribution is 2.65. The predicted octanol–water partition coefficient (Wildman–Crippen LogP) is 5.67. The second-order valence-electron chi connectivity index (χ2n) is 3.08. The molecule has 0 aliphatic heterocycles. The van der Waals surface area contributed by atoms with Crippen molar-refractivity contribution in [3.63, 3.8) is 0 Å². The molecule has 0 saturated carbocycles. The molecule has 0 bridgehead atoms. The van der Waals surface area contributed by atoms with E-state index >= 15 is 0 Å². The molecule has 0 spiro atoms. The molecule has 17 heavy (non-hydrogen) atoms. The molecule has 0 amide bonds. The van der Waals surface area contributed by atoms with Crippen molar-refractivity contribution in [3.05, 3.63) is 23.8 Å². The van der Waals surface area contributed by atoms with Crippen molar-refractivity contribution in [2.75, 3.05) is 0 Å². The third-order valence-corrected chi connectivity index (χ3v) is 6.73. The smallest absolute Gasteiger partial charge is 0.154 e. The highest BCUT2D eigenvalue weighted by molar-refractivity contribution is 14.3. The van der Waals surface area contributed by atoms with E-state index in [-0.39, 0.29) is 2.41 Å². The Balaban J connectivity index is 0.000000686. The molecule has 0 aliphatic carbocycles. The van der Waals surface area contributed by atoms with Crippen LogP contribution >= 0.6 is 58.1 Å². The monoisotopic (exact) mass is 493 g/mol. The van der Waals surface area contributed by atoms with Gasteiger partial charge in [-0.2, -0.15) is 0 Å². The molecule has 0 aliphatic rings. The first-order valence-corrected chi connectivity index (χ1v) is 13.5. The molecular weight excluding hydrogens is 479 g/mol. The zero-order chi connectivity index (χ0) is 13.0. The van der Waals surface area contributed by atoms with Crippen LogP contribution in [0.1, 0.15) is 25.1 Å². The first kappa shape index (κ1) is 15.9. The summed E-state index contributed by atoms with van der Waals surface area (Å²) in [5.74, 6) is 0. The number of nitrogens with zero attached hydrogens (tertiary/aromatic N) is 3. The fourth-order valence-electron chi connectivity index (χ4n) is 1.52. The molecule has 0 N–H and O–H groups in total. The predicted molar refractivity (Wildman–Crippen MR) is 96.3 cm³/mol. The molecule has 2 rings (SSSR count). The maximum absolute atomic E-state index is 4.35. The van der Waals surface area contributed by atoms with Crippen molar-refractivity contribution in [1.29, 1.82) is 0 Å². The van der Waals surface area contributed by atoms with E-state index < -0.39 is 0 Å². The maximum atomic E-state index is 4.35. The van der Waals surface area contributed by atoms with E-state index in [9.17, 15) is 0 Å². The van der Waals surface area contributed by atoms with Gasteiger partial charge in [0.05, 0.1) is 5.69 Å². The maximum Gasteiger partial charge on any atom is 0.154 e. The SMILES string of the molecule is CC.Cc1cn(SP(I)I)c2ncnc(C)c12. The summed E-state index contributed by atoms with van der Waals surface area (Å²) in [7, 11) is 0. The number of aryl methyl sites for hydroxylation is 2. The minimum Gasteiger partial charge on any atom is -0.270 e. The summed E-state index contributed by atoms with van der Waals surface area (Å²) >= 11 is 6.72. The molecule has 2 heterocycles. The molecule has 94 valence electrons. The van der Waals surface area contributed by atoms with Gasteiger partial charge in [-0.15, -0.1) is 0 Å². The molecule has 0 fully saturated rings. The molecule has 0 saturated heterocycles. The van der Waals surface area contributed by atoms with E-state index in [2.05, 4.69) is 71.1 Å². The Kier molecular flexibility index (Phi) is 6.97. The number of halogens is 2. The van der Waals surface area contributed by atoms with Crippen molar-refractivity contribution in [3.8, 4) is 0 Å². The van der Waals surface area contributed by atoms with Gasteiger partial charge in [-0.1, -0.05) is 13.8 Å². The molecule has 0 unspecified atom stereocenters. The number of fused-ring (bicyclic) bond motifs is 1. The minimum atomic E-state index is -0.0870. The van der Waals surface area contributed by atoms with Crippen LogP contribution in [0.2, 0.25) is 0 Å². The quantitative estimate of drug-likeness (QED) is 0.400. The Morgan fingerprint density at radius 1 is 1.24 bits per heavy atom. The Morgan fingerprint density at radius 2 is 1.88 bits per heavy atom. The highest BCUT2D eigenvalue weighted by atomic mass is 127. The molecule has 2 aromatic heterocycles. The topological polar surface area (TPSA) is 30.7 Å².